The highest BCUT2D eigenvalue weighted by molar-refractivity contribution is 5.34. The van der Waals surface area contributed by atoms with Gasteiger partial charge in [-0.05, 0) is 103 Å². The van der Waals surface area contributed by atoms with Gasteiger partial charge in [0.1, 0.15) is 0 Å². The van der Waals surface area contributed by atoms with Gasteiger partial charge in [-0.1, -0.05) is 60.1 Å². The van der Waals surface area contributed by atoms with E-state index in [0.29, 0.717) is 36.2 Å². The second-order valence-electron chi connectivity index (χ2n) is 14.7. The summed E-state index contributed by atoms with van der Waals surface area (Å²) in [5.41, 5.74) is 1.89. The van der Waals surface area contributed by atoms with Gasteiger partial charge in [0.2, 0.25) is 0 Å². The lowest BCUT2D eigenvalue weighted by Crippen LogP contribution is -2.67. The number of aliphatic hydroxyl groups excluding tert-OH is 3. The second kappa shape index (κ2) is 7.32. The molecule has 5 aliphatic carbocycles. The second-order valence-corrected chi connectivity index (χ2v) is 14.7. The molecule has 4 saturated carbocycles. The van der Waals surface area contributed by atoms with Crippen LogP contribution in [0.5, 0.6) is 0 Å². The monoisotopic (exact) mass is 458 g/mol. The summed E-state index contributed by atoms with van der Waals surface area (Å²) in [6, 6.07) is 0. The molecule has 3 nitrogen and oxygen atoms in total. The first-order valence-corrected chi connectivity index (χ1v) is 14.0. The maximum absolute atomic E-state index is 11.0. The molecule has 11 atom stereocenters. The molecular formula is C30H50O3. The minimum atomic E-state index is -0.630. The van der Waals surface area contributed by atoms with Gasteiger partial charge in [0.15, 0.2) is 0 Å². The molecule has 3 heteroatoms. The Morgan fingerprint density at radius 2 is 1.61 bits per heavy atom. The van der Waals surface area contributed by atoms with Crippen LogP contribution in [0.4, 0.5) is 0 Å². The van der Waals surface area contributed by atoms with Gasteiger partial charge in [0, 0.05) is 12.0 Å². The molecule has 0 bridgehead atoms. The van der Waals surface area contributed by atoms with Gasteiger partial charge in [-0.15, -0.1) is 0 Å². The molecule has 3 unspecified atom stereocenters. The van der Waals surface area contributed by atoms with E-state index in [0.717, 1.165) is 25.7 Å². The Balaban J connectivity index is 1.60. The Bertz CT molecular complexity index is 832. The average Bonchev–Trinajstić information content (AvgIpc) is 2.75. The molecule has 0 aromatic heterocycles. The molecule has 0 saturated heterocycles. The van der Waals surface area contributed by atoms with Crippen molar-refractivity contribution in [2.45, 2.75) is 112 Å². The van der Waals surface area contributed by atoms with E-state index in [4.69, 9.17) is 0 Å². The fraction of sp³-hybridized carbons (Fsp3) is 0.933. The van der Waals surface area contributed by atoms with Crippen LogP contribution < -0.4 is 0 Å². The van der Waals surface area contributed by atoms with Crippen molar-refractivity contribution in [2.24, 2.45) is 56.7 Å². The highest BCUT2D eigenvalue weighted by Crippen LogP contribution is 2.75. The van der Waals surface area contributed by atoms with Crippen LogP contribution in [0.1, 0.15) is 99.8 Å². The minimum Gasteiger partial charge on any atom is -0.396 e. The lowest BCUT2D eigenvalue weighted by Gasteiger charge is -2.72. The van der Waals surface area contributed by atoms with Crippen LogP contribution in [0.3, 0.4) is 0 Å². The molecule has 0 aliphatic heterocycles. The van der Waals surface area contributed by atoms with Crippen LogP contribution in [0.2, 0.25) is 0 Å². The van der Waals surface area contributed by atoms with Crippen LogP contribution in [-0.4, -0.2) is 34.1 Å². The van der Waals surface area contributed by atoms with Crippen LogP contribution >= 0.6 is 0 Å². The van der Waals surface area contributed by atoms with Crippen molar-refractivity contribution in [3.63, 3.8) is 0 Å². The largest absolute Gasteiger partial charge is 0.396 e. The summed E-state index contributed by atoms with van der Waals surface area (Å²) in [6.07, 6.45) is 10.3. The van der Waals surface area contributed by atoms with E-state index in [-0.39, 0.29) is 27.1 Å². The smallest absolute Gasteiger partial charge is 0.0852 e. The number of aliphatic hydroxyl groups is 3. The SMILES string of the molecule is C[C@@H]1CC[C@]2(CO)CC[C@]3(C)C(=CCC4[C@@]5(C)C[C@@H](O)[C@H](O)C(C)(C)C5CC[C@]43C)C2[C@H]1C. The van der Waals surface area contributed by atoms with Gasteiger partial charge in [-0.25, -0.2) is 0 Å². The van der Waals surface area contributed by atoms with E-state index < -0.39 is 12.2 Å². The quantitative estimate of drug-likeness (QED) is 0.424. The molecule has 0 aromatic carbocycles. The Labute approximate surface area is 202 Å². The molecule has 3 N–H and O–H groups in total. The maximum atomic E-state index is 11.0. The summed E-state index contributed by atoms with van der Waals surface area (Å²) >= 11 is 0. The Hall–Kier alpha value is -0.380. The fourth-order valence-electron chi connectivity index (χ4n) is 11.0. The van der Waals surface area contributed by atoms with Crippen LogP contribution in [0.25, 0.3) is 0 Å². The van der Waals surface area contributed by atoms with Crippen LogP contribution in [0.15, 0.2) is 11.6 Å². The van der Waals surface area contributed by atoms with Gasteiger partial charge < -0.3 is 15.3 Å². The summed E-state index contributed by atoms with van der Waals surface area (Å²) < 4.78 is 0. The molecule has 0 heterocycles. The minimum absolute atomic E-state index is 0.0389. The van der Waals surface area contributed by atoms with Gasteiger partial charge in [-0.2, -0.15) is 0 Å². The summed E-state index contributed by atoms with van der Waals surface area (Å²) in [4.78, 5) is 0. The number of allylic oxidation sites excluding steroid dienone is 2. The zero-order chi connectivity index (χ0) is 24.2. The standard InChI is InChI=1S/C30H50O3/c1-18-10-13-30(17-31)15-14-28(6)20(24(30)19(18)2)8-9-23-27(5)16-21(32)25(33)26(3,4)22(27)11-12-29(23,28)7/h8,18-19,21-25,31-33H,9-17H2,1-7H3/t18-,19+,21-,22?,23?,24?,25+,27+,28-,29-,30-/m1/s1. The van der Waals surface area contributed by atoms with Crippen molar-refractivity contribution in [1.82, 2.24) is 0 Å². The summed E-state index contributed by atoms with van der Waals surface area (Å²) in [6.45, 7) is 17.2. The first-order chi connectivity index (χ1) is 15.3. The van der Waals surface area contributed by atoms with Gasteiger partial charge in [0.25, 0.3) is 0 Å². The third-order valence-corrected chi connectivity index (χ3v) is 13.4. The zero-order valence-electron chi connectivity index (χ0n) is 22.3. The third-order valence-electron chi connectivity index (χ3n) is 13.4. The van der Waals surface area contributed by atoms with Crippen LogP contribution in [0, 0.1) is 56.7 Å². The van der Waals surface area contributed by atoms with Gasteiger partial charge in [0.05, 0.1) is 12.2 Å². The molecule has 5 rings (SSSR count). The number of rotatable bonds is 1. The molecule has 0 radical (unpaired) electrons. The van der Waals surface area contributed by atoms with Crippen molar-refractivity contribution in [3.8, 4) is 0 Å². The molecule has 33 heavy (non-hydrogen) atoms. The molecule has 0 aromatic rings. The van der Waals surface area contributed by atoms with E-state index in [1.807, 2.05) is 0 Å². The number of hydrogen-bond acceptors (Lipinski definition) is 3. The van der Waals surface area contributed by atoms with E-state index in [1.165, 1.54) is 25.7 Å². The van der Waals surface area contributed by atoms with E-state index in [9.17, 15) is 15.3 Å². The summed E-state index contributed by atoms with van der Waals surface area (Å²) in [5.74, 6) is 2.80. The number of hydrogen-bond donors (Lipinski definition) is 3. The molecule has 5 aliphatic rings. The van der Waals surface area contributed by atoms with E-state index in [2.05, 4.69) is 54.5 Å². The van der Waals surface area contributed by atoms with E-state index in [1.54, 1.807) is 5.57 Å². The maximum Gasteiger partial charge on any atom is 0.0852 e. The highest BCUT2D eigenvalue weighted by atomic mass is 16.3. The molecule has 4 fully saturated rings. The molecule has 0 amide bonds. The molecule has 188 valence electrons. The topological polar surface area (TPSA) is 60.7 Å². The first kappa shape index (κ1) is 24.3. The zero-order valence-corrected chi connectivity index (χ0v) is 22.3. The lowest BCUT2D eigenvalue weighted by atomic mass is 9.33. The number of fused-ring (bicyclic) bond motifs is 7. The normalized spacial score (nSPS) is 57.8. The van der Waals surface area contributed by atoms with Crippen molar-refractivity contribution in [2.75, 3.05) is 6.61 Å². The molecule has 0 spiro atoms. The first-order valence-electron chi connectivity index (χ1n) is 14.0. The Kier molecular flexibility index (Phi) is 5.40. The molecular weight excluding hydrogens is 408 g/mol. The summed E-state index contributed by atoms with van der Waals surface area (Å²) in [5, 5.41) is 32.6. The summed E-state index contributed by atoms with van der Waals surface area (Å²) in [7, 11) is 0. The predicted molar refractivity (Wildman–Crippen MR) is 133 cm³/mol. The van der Waals surface area contributed by atoms with Crippen molar-refractivity contribution >= 4 is 0 Å². The van der Waals surface area contributed by atoms with Crippen LogP contribution in [-0.2, 0) is 0 Å². The van der Waals surface area contributed by atoms with E-state index >= 15 is 0 Å². The van der Waals surface area contributed by atoms with Gasteiger partial charge >= 0.3 is 0 Å². The predicted octanol–water partition coefficient (Wildman–Crippen LogP) is 5.97. The van der Waals surface area contributed by atoms with Crippen molar-refractivity contribution < 1.29 is 15.3 Å². The lowest BCUT2D eigenvalue weighted by molar-refractivity contribution is -0.232. The van der Waals surface area contributed by atoms with Crippen molar-refractivity contribution in [3.05, 3.63) is 11.6 Å². The third kappa shape index (κ3) is 2.85. The van der Waals surface area contributed by atoms with Gasteiger partial charge in [-0.3, -0.25) is 0 Å². The highest BCUT2D eigenvalue weighted by Gasteiger charge is 2.69. The van der Waals surface area contributed by atoms with Crippen molar-refractivity contribution in [1.29, 1.82) is 0 Å². The fourth-order valence-corrected chi connectivity index (χ4v) is 11.0. The average molecular weight is 459 g/mol. The Morgan fingerprint density at radius 3 is 2.27 bits per heavy atom. The Morgan fingerprint density at radius 1 is 0.909 bits per heavy atom.